The minimum Gasteiger partial charge on any atom is -0.477 e. The lowest BCUT2D eigenvalue weighted by atomic mass is 10.3. The Morgan fingerprint density at radius 3 is 2.83 bits per heavy atom. The first-order chi connectivity index (χ1) is 8.69. The average Bonchev–Trinajstić information content (AvgIpc) is 2.37. The molecule has 1 rings (SSSR count). The predicted molar refractivity (Wildman–Crippen MR) is 64.4 cm³/mol. The molecule has 0 aromatic carbocycles. The van der Waals surface area contributed by atoms with Gasteiger partial charge in [-0.05, 0) is 26.0 Å². The minimum absolute atomic E-state index is 0.209. The van der Waals surface area contributed by atoms with Crippen LogP contribution in [-0.2, 0) is 9.53 Å². The lowest BCUT2D eigenvalue weighted by molar-refractivity contribution is -0.124. The van der Waals surface area contributed by atoms with Crippen LogP contribution >= 0.6 is 0 Å². The molecule has 0 saturated heterocycles. The monoisotopic (exact) mass is 252 g/mol. The zero-order chi connectivity index (χ0) is 13.4. The van der Waals surface area contributed by atoms with E-state index < -0.39 is 5.97 Å². The van der Waals surface area contributed by atoms with Crippen molar-refractivity contribution in [2.24, 2.45) is 0 Å². The fourth-order valence-electron chi connectivity index (χ4n) is 1.25. The van der Waals surface area contributed by atoms with Crippen LogP contribution in [0.2, 0.25) is 0 Å². The average molecular weight is 252 g/mol. The molecule has 1 N–H and O–H groups in total. The summed E-state index contributed by atoms with van der Waals surface area (Å²) in [6.45, 7) is 4.15. The Balaban J connectivity index is 2.63. The van der Waals surface area contributed by atoms with Gasteiger partial charge < -0.3 is 14.8 Å². The molecule has 0 fully saturated rings. The van der Waals surface area contributed by atoms with Crippen molar-refractivity contribution in [2.45, 2.75) is 13.8 Å². The molecular weight excluding hydrogens is 236 g/mol. The summed E-state index contributed by atoms with van der Waals surface area (Å²) in [5, 5.41) is 2.53. The van der Waals surface area contributed by atoms with E-state index in [1.165, 1.54) is 12.3 Å². The van der Waals surface area contributed by atoms with E-state index in [1.54, 1.807) is 19.9 Å². The molecule has 6 nitrogen and oxygen atoms in total. The third-order valence-corrected chi connectivity index (χ3v) is 1.98. The first kappa shape index (κ1) is 14.0. The molecule has 1 aromatic rings. The maximum atomic E-state index is 11.7. The number of carbonyl (C=O) groups is 2. The molecule has 0 spiro atoms. The number of nitrogens with one attached hydrogen (secondary N) is 1. The van der Waals surface area contributed by atoms with Gasteiger partial charge in [0.15, 0.2) is 6.61 Å². The largest absolute Gasteiger partial charge is 0.477 e. The van der Waals surface area contributed by atoms with Crippen LogP contribution in [0.4, 0.5) is 0 Å². The number of likely N-dealkylation sites (N-methyl/N-ethyl adjacent to an activating group) is 1. The van der Waals surface area contributed by atoms with Gasteiger partial charge >= 0.3 is 5.97 Å². The number of hydrogen-bond donors (Lipinski definition) is 1. The summed E-state index contributed by atoms with van der Waals surface area (Å²) in [6.07, 6.45) is 1.52. The van der Waals surface area contributed by atoms with Crippen molar-refractivity contribution in [1.29, 1.82) is 0 Å². The van der Waals surface area contributed by atoms with Crippen LogP contribution < -0.4 is 10.1 Å². The van der Waals surface area contributed by atoms with Crippen LogP contribution in [0.5, 0.6) is 5.88 Å². The Morgan fingerprint density at radius 1 is 1.39 bits per heavy atom. The fraction of sp³-hybridized carbons (Fsp3) is 0.417. The highest BCUT2D eigenvalue weighted by Gasteiger charge is 2.15. The van der Waals surface area contributed by atoms with Crippen molar-refractivity contribution in [3.05, 3.63) is 23.9 Å². The number of aromatic nitrogens is 1. The highest BCUT2D eigenvalue weighted by Crippen LogP contribution is 2.15. The third kappa shape index (κ3) is 4.04. The standard InChI is InChI=1S/C12H16N2O4/c1-3-13-10(15)8-18-12(16)9-6-5-7-14-11(9)17-4-2/h5-7H,3-4,8H2,1-2H3,(H,13,15). The summed E-state index contributed by atoms with van der Waals surface area (Å²) in [5.41, 5.74) is 0.212. The van der Waals surface area contributed by atoms with Gasteiger partial charge in [0.1, 0.15) is 5.56 Å². The van der Waals surface area contributed by atoms with Gasteiger partial charge in [-0.15, -0.1) is 0 Å². The quantitative estimate of drug-likeness (QED) is 0.757. The first-order valence-corrected chi connectivity index (χ1v) is 5.70. The summed E-state index contributed by atoms with van der Waals surface area (Å²) < 4.78 is 10.1. The summed E-state index contributed by atoms with van der Waals surface area (Å²) in [7, 11) is 0. The van der Waals surface area contributed by atoms with E-state index in [2.05, 4.69) is 10.3 Å². The molecule has 0 aliphatic carbocycles. The molecule has 0 radical (unpaired) electrons. The van der Waals surface area contributed by atoms with Crippen LogP contribution in [-0.4, -0.2) is 36.6 Å². The van der Waals surface area contributed by atoms with Gasteiger partial charge in [0.25, 0.3) is 5.91 Å². The van der Waals surface area contributed by atoms with Crippen molar-refractivity contribution in [3.8, 4) is 5.88 Å². The molecule has 1 heterocycles. The molecule has 0 unspecified atom stereocenters. The third-order valence-electron chi connectivity index (χ3n) is 1.98. The highest BCUT2D eigenvalue weighted by atomic mass is 16.5. The number of hydrogen-bond acceptors (Lipinski definition) is 5. The zero-order valence-corrected chi connectivity index (χ0v) is 10.4. The molecule has 1 amide bonds. The van der Waals surface area contributed by atoms with E-state index in [0.29, 0.717) is 13.2 Å². The second-order valence-electron chi connectivity index (χ2n) is 3.32. The van der Waals surface area contributed by atoms with Crippen molar-refractivity contribution in [1.82, 2.24) is 10.3 Å². The number of esters is 1. The van der Waals surface area contributed by atoms with E-state index >= 15 is 0 Å². The Hall–Kier alpha value is -2.11. The van der Waals surface area contributed by atoms with Crippen molar-refractivity contribution in [3.63, 3.8) is 0 Å². The molecule has 98 valence electrons. The Bertz CT molecular complexity index is 420. The predicted octanol–water partition coefficient (Wildman–Crippen LogP) is 0.773. The smallest absolute Gasteiger partial charge is 0.344 e. The maximum Gasteiger partial charge on any atom is 0.344 e. The first-order valence-electron chi connectivity index (χ1n) is 5.70. The van der Waals surface area contributed by atoms with Gasteiger partial charge in [0.05, 0.1) is 6.61 Å². The highest BCUT2D eigenvalue weighted by molar-refractivity contribution is 5.93. The number of ether oxygens (including phenoxy) is 2. The van der Waals surface area contributed by atoms with Gasteiger partial charge in [-0.1, -0.05) is 0 Å². The molecule has 1 aromatic heterocycles. The van der Waals surface area contributed by atoms with E-state index in [4.69, 9.17) is 9.47 Å². The van der Waals surface area contributed by atoms with E-state index in [-0.39, 0.29) is 24.0 Å². The van der Waals surface area contributed by atoms with Crippen molar-refractivity contribution < 1.29 is 19.1 Å². The molecule has 18 heavy (non-hydrogen) atoms. The number of nitrogens with zero attached hydrogens (tertiary/aromatic N) is 1. The van der Waals surface area contributed by atoms with Crippen LogP contribution in [0.15, 0.2) is 18.3 Å². The Morgan fingerprint density at radius 2 is 2.17 bits per heavy atom. The SMILES string of the molecule is CCNC(=O)COC(=O)c1cccnc1OCC. The molecular formula is C12H16N2O4. The molecule has 6 heteroatoms. The van der Waals surface area contributed by atoms with Crippen LogP contribution in [0.1, 0.15) is 24.2 Å². The van der Waals surface area contributed by atoms with E-state index in [9.17, 15) is 9.59 Å². The molecule has 0 saturated carbocycles. The Labute approximate surface area is 105 Å². The summed E-state index contributed by atoms with van der Waals surface area (Å²) in [5.74, 6) is -0.758. The summed E-state index contributed by atoms with van der Waals surface area (Å²) in [4.78, 5) is 26.8. The second-order valence-corrected chi connectivity index (χ2v) is 3.32. The Kier molecular flexibility index (Phi) is 5.63. The van der Waals surface area contributed by atoms with Gasteiger partial charge in [-0.3, -0.25) is 4.79 Å². The summed E-state index contributed by atoms with van der Waals surface area (Å²) >= 11 is 0. The number of rotatable bonds is 6. The van der Waals surface area contributed by atoms with Crippen LogP contribution in [0.25, 0.3) is 0 Å². The van der Waals surface area contributed by atoms with Crippen LogP contribution in [0, 0.1) is 0 Å². The van der Waals surface area contributed by atoms with Gasteiger partial charge in [0.2, 0.25) is 5.88 Å². The number of amides is 1. The van der Waals surface area contributed by atoms with Gasteiger partial charge in [-0.2, -0.15) is 0 Å². The lowest BCUT2D eigenvalue weighted by Gasteiger charge is -2.08. The van der Waals surface area contributed by atoms with Gasteiger partial charge in [0, 0.05) is 12.7 Å². The number of pyridine rings is 1. The summed E-state index contributed by atoms with van der Waals surface area (Å²) in [6, 6.07) is 3.14. The van der Waals surface area contributed by atoms with E-state index in [0.717, 1.165) is 0 Å². The second kappa shape index (κ2) is 7.26. The minimum atomic E-state index is -0.627. The molecule has 0 atom stereocenters. The molecule has 0 aliphatic rings. The van der Waals surface area contributed by atoms with Gasteiger partial charge in [-0.25, -0.2) is 9.78 Å². The van der Waals surface area contributed by atoms with Crippen molar-refractivity contribution >= 4 is 11.9 Å². The normalized spacial score (nSPS) is 9.67. The zero-order valence-electron chi connectivity index (χ0n) is 10.4. The van der Waals surface area contributed by atoms with Crippen molar-refractivity contribution in [2.75, 3.05) is 19.8 Å². The maximum absolute atomic E-state index is 11.7. The molecule has 0 bridgehead atoms. The lowest BCUT2D eigenvalue weighted by Crippen LogP contribution is -2.28. The molecule has 0 aliphatic heterocycles. The topological polar surface area (TPSA) is 77.5 Å². The number of carbonyl (C=O) groups excluding carboxylic acids is 2. The fourth-order valence-corrected chi connectivity index (χ4v) is 1.25. The van der Waals surface area contributed by atoms with Crippen LogP contribution in [0.3, 0.4) is 0 Å². The van der Waals surface area contributed by atoms with E-state index in [1.807, 2.05) is 0 Å².